The molecule has 0 aliphatic carbocycles. The molecule has 1 aromatic rings. The molecule has 0 N–H and O–H groups in total. The third-order valence-electron chi connectivity index (χ3n) is 2.93. The van der Waals surface area contributed by atoms with Crippen molar-refractivity contribution in [2.45, 2.75) is 26.4 Å². The summed E-state index contributed by atoms with van der Waals surface area (Å²) in [4.78, 5) is 21.5. The van der Waals surface area contributed by atoms with E-state index in [0.717, 1.165) is 0 Å². The first-order valence-electron chi connectivity index (χ1n) is 8.60. The minimum atomic E-state index is -0.517. The fourth-order valence-corrected chi connectivity index (χ4v) is 1.85. The van der Waals surface area contributed by atoms with Crippen LogP contribution in [0.3, 0.4) is 0 Å². The van der Waals surface area contributed by atoms with Gasteiger partial charge in [-0.15, -0.1) is 0 Å². The Morgan fingerprint density at radius 3 is 1.96 bits per heavy atom. The number of hydrogen-bond donors (Lipinski definition) is 0. The Morgan fingerprint density at radius 1 is 0.926 bits per heavy atom. The standard InChI is InChI=1S/C18H27NO8/c1-18(2,3)27-17(20)14-25-11-10-23-8-9-24-12-13-26-16-6-4-15(5-7-16)19(21)22/h4-7H,8-14H2,1-3H3. The van der Waals surface area contributed by atoms with E-state index in [1.165, 1.54) is 12.1 Å². The highest BCUT2D eigenvalue weighted by molar-refractivity contribution is 5.71. The highest BCUT2D eigenvalue weighted by Gasteiger charge is 2.15. The second-order valence-corrected chi connectivity index (χ2v) is 6.46. The third-order valence-corrected chi connectivity index (χ3v) is 2.93. The Bertz CT molecular complexity index is 568. The zero-order valence-corrected chi connectivity index (χ0v) is 16.0. The van der Waals surface area contributed by atoms with Gasteiger partial charge in [-0.25, -0.2) is 4.79 Å². The number of nitro benzene ring substituents is 1. The van der Waals surface area contributed by atoms with Crippen molar-refractivity contribution in [3.63, 3.8) is 0 Å². The van der Waals surface area contributed by atoms with Crippen molar-refractivity contribution in [2.75, 3.05) is 46.2 Å². The molecule has 0 amide bonds. The zero-order chi connectivity index (χ0) is 20.1. The molecule has 1 rings (SSSR count). The summed E-state index contributed by atoms with van der Waals surface area (Å²) >= 11 is 0. The maximum atomic E-state index is 11.4. The number of carbonyl (C=O) groups excluding carboxylic acids is 1. The quantitative estimate of drug-likeness (QED) is 0.220. The molecular weight excluding hydrogens is 358 g/mol. The van der Waals surface area contributed by atoms with E-state index in [9.17, 15) is 14.9 Å². The smallest absolute Gasteiger partial charge is 0.332 e. The van der Waals surface area contributed by atoms with Gasteiger partial charge in [0.25, 0.3) is 5.69 Å². The molecule has 0 bridgehead atoms. The van der Waals surface area contributed by atoms with Crippen LogP contribution in [-0.2, 0) is 23.7 Å². The predicted octanol–water partition coefficient (Wildman–Crippen LogP) is 2.37. The molecule has 9 heteroatoms. The van der Waals surface area contributed by atoms with Crippen LogP contribution < -0.4 is 4.74 Å². The van der Waals surface area contributed by atoms with Crippen molar-refractivity contribution >= 4 is 11.7 Å². The molecular formula is C18H27NO8. The molecule has 0 fully saturated rings. The molecule has 1 aromatic carbocycles. The van der Waals surface area contributed by atoms with Crippen LogP contribution in [0.15, 0.2) is 24.3 Å². The average Bonchev–Trinajstić information content (AvgIpc) is 2.58. The van der Waals surface area contributed by atoms with Crippen LogP contribution >= 0.6 is 0 Å². The second-order valence-electron chi connectivity index (χ2n) is 6.46. The van der Waals surface area contributed by atoms with Gasteiger partial charge in [0.2, 0.25) is 0 Å². The van der Waals surface area contributed by atoms with Crippen molar-refractivity contribution < 1.29 is 33.4 Å². The van der Waals surface area contributed by atoms with Crippen LogP contribution in [0.1, 0.15) is 20.8 Å². The maximum Gasteiger partial charge on any atom is 0.332 e. The highest BCUT2D eigenvalue weighted by atomic mass is 16.6. The first-order chi connectivity index (χ1) is 12.8. The van der Waals surface area contributed by atoms with Crippen molar-refractivity contribution in [1.82, 2.24) is 0 Å². The number of rotatable bonds is 13. The Balaban J connectivity index is 1.92. The summed E-state index contributed by atoms with van der Waals surface area (Å²) in [5.74, 6) is 0.140. The fourth-order valence-electron chi connectivity index (χ4n) is 1.85. The van der Waals surface area contributed by atoms with Crippen molar-refractivity contribution in [3.05, 3.63) is 34.4 Å². The van der Waals surface area contributed by atoms with Crippen molar-refractivity contribution in [1.29, 1.82) is 0 Å². The Morgan fingerprint density at radius 2 is 1.44 bits per heavy atom. The van der Waals surface area contributed by atoms with Crippen LogP contribution in [0.2, 0.25) is 0 Å². The van der Waals surface area contributed by atoms with E-state index in [1.807, 2.05) is 0 Å². The molecule has 0 aromatic heterocycles. The maximum absolute atomic E-state index is 11.4. The van der Waals surface area contributed by atoms with E-state index in [-0.39, 0.29) is 12.3 Å². The van der Waals surface area contributed by atoms with E-state index in [1.54, 1.807) is 32.9 Å². The number of benzene rings is 1. The van der Waals surface area contributed by atoms with Gasteiger partial charge in [-0.05, 0) is 32.9 Å². The Hall–Kier alpha value is -2.23. The van der Waals surface area contributed by atoms with Crippen LogP contribution in [-0.4, -0.2) is 62.7 Å². The fraction of sp³-hybridized carbons (Fsp3) is 0.611. The number of nitro groups is 1. The summed E-state index contributed by atoms with van der Waals surface area (Å²) in [6.45, 7) is 7.43. The van der Waals surface area contributed by atoms with E-state index in [2.05, 4.69) is 0 Å². The normalized spacial score (nSPS) is 11.2. The van der Waals surface area contributed by atoms with Gasteiger partial charge in [0.1, 0.15) is 24.6 Å². The molecule has 0 radical (unpaired) electrons. The van der Waals surface area contributed by atoms with Crippen LogP contribution in [0.4, 0.5) is 5.69 Å². The van der Waals surface area contributed by atoms with Gasteiger partial charge in [-0.2, -0.15) is 0 Å². The van der Waals surface area contributed by atoms with Crippen LogP contribution in [0.5, 0.6) is 5.75 Å². The molecule has 9 nitrogen and oxygen atoms in total. The van der Waals surface area contributed by atoms with Gasteiger partial charge in [0, 0.05) is 12.1 Å². The number of ether oxygens (including phenoxy) is 5. The summed E-state index contributed by atoms with van der Waals surface area (Å²) in [5.41, 5.74) is -0.498. The number of esters is 1. The lowest BCUT2D eigenvalue weighted by molar-refractivity contribution is -0.384. The van der Waals surface area contributed by atoms with Crippen molar-refractivity contribution in [3.8, 4) is 5.75 Å². The number of hydrogen-bond acceptors (Lipinski definition) is 8. The van der Waals surface area contributed by atoms with E-state index in [4.69, 9.17) is 23.7 Å². The summed E-state index contributed by atoms with van der Waals surface area (Å²) in [6.07, 6.45) is 0. The first-order valence-corrected chi connectivity index (χ1v) is 8.60. The van der Waals surface area contributed by atoms with Gasteiger partial charge in [0.15, 0.2) is 0 Å². The number of nitrogens with zero attached hydrogens (tertiary/aromatic N) is 1. The van der Waals surface area contributed by atoms with Crippen LogP contribution in [0.25, 0.3) is 0 Å². The van der Waals surface area contributed by atoms with Crippen molar-refractivity contribution in [2.24, 2.45) is 0 Å². The lowest BCUT2D eigenvalue weighted by Gasteiger charge is -2.19. The molecule has 27 heavy (non-hydrogen) atoms. The molecule has 0 unspecified atom stereocenters. The minimum Gasteiger partial charge on any atom is -0.491 e. The summed E-state index contributed by atoms with van der Waals surface area (Å²) in [5, 5.41) is 10.5. The van der Waals surface area contributed by atoms with Gasteiger partial charge >= 0.3 is 5.97 Å². The Kier molecular flexibility index (Phi) is 10.3. The largest absolute Gasteiger partial charge is 0.491 e. The second kappa shape index (κ2) is 12.2. The SMILES string of the molecule is CC(C)(C)OC(=O)COCCOCCOCCOc1ccc([N+](=O)[O-])cc1. The molecule has 0 aliphatic rings. The summed E-state index contributed by atoms with van der Waals surface area (Å²) in [6, 6.07) is 5.85. The number of non-ortho nitro benzene ring substituents is 1. The van der Waals surface area contributed by atoms with Gasteiger partial charge in [-0.1, -0.05) is 0 Å². The molecule has 0 saturated heterocycles. The Labute approximate surface area is 158 Å². The van der Waals surface area contributed by atoms with Gasteiger partial charge < -0.3 is 23.7 Å². The molecule has 0 aliphatic heterocycles. The van der Waals surface area contributed by atoms with E-state index < -0.39 is 16.5 Å². The van der Waals surface area contributed by atoms with E-state index >= 15 is 0 Å². The van der Waals surface area contributed by atoms with Gasteiger partial charge in [0.05, 0.1) is 38.0 Å². The number of carbonyl (C=O) groups is 1. The predicted molar refractivity (Wildman–Crippen MR) is 96.9 cm³/mol. The third kappa shape index (κ3) is 11.9. The van der Waals surface area contributed by atoms with Crippen LogP contribution in [0, 0.1) is 10.1 Å². The zero-order valence-electron chi connectivity index (χ0n) is 16.0. The molecule has 152 valence electrons. The average molecular weight is 385 g/mol. The summed E-state index contributed by atoms with van der Waals surface area (Å²) < 4.78 is 26.3. The topological polar surface area (TPSA) is 106 Å². The monoisotopic (exact) mass is 385 g/mol. The lowest BCUT2D eigenvalue weighted by atomic mass is 10.2. The molecule has 0 saturated carbocycles. The summed E-state index contributed by atoms with van der Waals surface area (Å²) in [7, 11) is 0. The minimum absolute atomic E-state index is 0.0193. The molecule has 0 atom stereocenters. The van der Waals surface area contributed by atoms with Gasteiger partial charge in [-0.3, -0.25) is 10.1 Å². The lowest BCUT2D eigenvalue weighted by Crippen LogP contribution is -2.27. The highest BCUT2D eigenvalue weighted by Crippen LogP contribution is 2.17. The van der Waals surface area contributed by atoms with E-state index in [0.29, 0.717) is 45.4 Å². The molecule has 0 heterocycles. The molecule has 0 spiro atoms. The first kappa shape index (κ1) is 22.8.